The van der Waals surface area contributed by atoms with Crippen LogP contribution in [-0.2, 0) is 24.6 Å². The molecule has 1 heterocycles. The van der Waals surface area contributed by atoms with Crippen LogP contribution < -0.4 is 5.01 Å². The van der Waals surface area contributed by atoms with Crippen molar-refractivity contribution in [1.82, 2.24) is 5.06 Å². The molecule has 3 rings (SSSR count). The van der Waals surface area contributed by atoms with Gasteiger partial charge < -0.3 is 9.47 Å². The molecular weight excluding hydrogens is 450 g/mol. The highest BCUT2D eigenvalue weighted by atomic mass is 16.8. The zero-order valence-electron chi connectivity index (χ0n) is 21.1. The van der Waals surface area contributed by atoms with Crippen LogP contribution in [0.15, 0.2) is 65.8 Å². The summed E-state index contributed by atoms with van der Waals surface area (Å²) in [5.41, 5.74) is -2.75. The van der Waals surface area contributed by atoms with E-state index < -0.39 is 34.9 Å². The van der Waals surface area contributed by atoms with E-state index in [1.165, 1.54) is 5.01 Å². The Morgan fingerprint density at radius 3 is 1.89 bits per heavy atom. The Hall–Kier alpha value is -3.88. The van der Waals surface area contributed by atoms with Gasteiger partial charge in [-0.1, -0.05) is 48.5 Å². The molecule has 9 heteroatoms. The number of hydrazone groups is 1. The number of rotatable bonds is 3. The number of benzene rings is 2. The van der Waals surface area contributed by atoms with E-state index in [1.54, 1.807) is 103 Å². The van der Waals surface area contributed by atoms with Gasteiger partial charge >= 0.3 is 12.2 Å². The van der Waals surface area contributed by atoms with Gasteiger partial charge in [0.1, 0.15) is 11.2 Å². The first kappa shape index (κ1) is 25.7. The van der Waals surface area contributed by atoms with Gasteiger partial charge in [-0.25, -0.2) is 9.59 Å². The monoisotopic (exact) mass is 481 g/mol. The largest absolute Gasteiger partial charge is 0.534 e. The van der Waals surface area contributed by atoms with Crippen molar-refractivity contribution in [3.05, 3.63) is 66.2 Å². The summed E-state index contributed by atoms with van der Waals surface area (Å²) in [6.07, 6.45) is -2.22. The van der Waals surface area contributed by atoms with Gasteiger partial charge in [0, 0.05) is 0 Å². The first-order chi connectivity index (χ1) is 16.3. The zero-order valence-corrected chi connectivity index (χ0v) is 21.1. The molecule has 1 aliphatic rings. The fourth-order valence-corrected chi connectivity index (χ4v) is 3.57. The number of hydroxylamine groups is 2. The maximum absolute atomic E-state index is 14.1. The maximum Gasteiger partial charge on any atom is 0.534 e. The van der Waals surface area contributed by atoms with Crippen LogP contribution in [0, 0.1) is 0 Å². The van der Waals surface area contributed by atoms with Gasteiger partial charge in [0.2, 0.25) is 5.54 Å². The van der Waals surface area contributed by atoms with E-state index in [1.807, 2.05) is 6.07 Å². The Morgan fingerprint density at radius 2 is 1.37 bits per heavy atom. The van der Waals surface area contributed by atoms with E-state index in [4.69, 9.17) is 14.3 Å². The maximum atomic E-state index is 14.1. The molecule has 0 radical (unpaired) electrons. The number of nitrogens with zero attached hydrogens (tertiary/aromatic N) is 3. The number of amides is 2. The van der Waals surface area contributed by atoms with Crippen LogP contribution >= 0.6 is 0 Å². The normalized spacial score (nSPS) is 18.1. The standard InChI is InChI=1S/C26H31N3O6/c1-18-26(19-14-10-8-11-15-19,21(30)28(27-18)20-16-12-9-13-17-20)29(22(31)33-24(2,3)4)35-23(32)34-25(5,6)7/h8-17H,1-7H3. The second kappa shape index (κ2) is 9.40. The van der Waals surface area contributed by atoms with Gasteiger partial charge in [0.25, 0.3) is 5.91 Å². The molecule has 0 saturated heterocycles. The smallest absolute Gasteiger partial charge is 0.442 e. The molecule has 35 heavy (non-hydrogen) atoms. The summed E-state index contributed by atoms with van der Waals surface area (Å²) in [5, 5.41) is 6.28. The van der Waals surface area contributed by atoms with Crippen LogP contribution in [0.5, 0.6) is 0 Å². The lowest BCUT2D eigenvalue weighted by Gasteiger charge is -2.38. The van der Waals surface area contributed by atoms with Crippen molar-refractivity contribution in [1.29, 1.82) is 0 Å². The molecule has 0 bridgehead atoms. The topological polar surface area (TPSA) is 97.7 Å². The summed E-state index contributed by atoms with van der Waals surface area (Å²) in [6, 6.07) is 17.3. The lowest BCUT2D eigenvalue weighted by atomic mass is 9.85. The second-order valence-corrected chi connectivity index (χ2v) is 10.0. The molecule has 1 aliphatic heterocycles. The molecule has 1 unspecified atom stereocenters. The van der Waals surface area contributed by atoms with Crippen molar-refractivity contribution in [3.63, 3.8) is 0 Å². The third kappa shape index (κ3) is 5.45. The molecule has 0 N–H and O–H groups in total. The van der Waals surface area contributed by atoms with E-state index in [2.05, 4.69) is 5.10 Å². The summed E-state index contributed by atoms with van der Waals surface area (Å²) < 4.78 is 10.9. The third-order valence-electron chi connectivity index (χ3n) is 4.89. The Balaban J connectivity index is 2.20. The van der Waals surface area contributed by atoms with E-state index in [-0.39, 0.29) is 5.71 Å². The lowest BCUT2D eigenvalue weighted by molar-refractivity contribution is -0.176. The highest BCUT2D eigenvalue weighted by molar-refractivity contribution is 6.23. The molecule has 9 nitrogen and oxygen atoms in total. The van der Waals surface area contributed by atoms with Gasteiger partial charge in [-0.2, -0.15) is 10.1 Å². The quantitative estimate of drug-likeness (QED) is 0.430. The van der Waals surface area contributed by atoms with Crippen molar-refractivity contribution in [3.8, 4) is 0 Å². The van der Waals surface area contributed by atoms with Crippen molar-refractivity contribution >= 4 is 29.6 Å². The zero-order chi connectivity index (χ0) is 26.0. The predicted molar refractivity (Wildman–Crippen MR) is 131 cm³/mol. The minimum absolute atomic E-state index is 0.201. The SMILES string of the molecule is CC1=NN(c2ccccc2)C(=O)C1(c1ccccc1)N(OC(=O)OC(C)(C)C)C(=O)OC(C)(C)C. The number of hydrogen-bond acceptors (Lipinski definition) is 7. The molecule has 0 fully saturated rings. The van der Waals surface area contributed by atoms with Crippen LogP contribution in [0.4, 0.5) is 15.3 Å². The number of ether oxygens (including phenoxy) is 2. The Kier molecular flexibility index (Phi) is 6.91. The molecule has 2 aromatic carbocycles. The predicted octanol–water partition coefficient (Wildman–Crippen LogP) is 5.41. The highest BCUT2D eigenvalue weighted by Crippen LogP contribution is 2.40. The Morgan fingerprint density at radius 1 is 0.857 bits per heavy atom. The third-order valence-corrected chi connectivity index (χ3v) is 4.89. The molecular formula is C26H31N3O6. The van der Waals surface area contributed by atoms with Crippen LogP contribution in [0.3, 0.4) is 0 Å². The van der Waals surface area contributed by atoms with E-state index in [9.17, 15) is 14.4 Å². The lowest BCUT2D eigenvalue weighted by Crippen LogP contribution is -2.60. The van der Waals surface area contributed by atoms with Crippen LogP contribution in [0.25, 0.3) is 0 Å². The minimum atomic E-state index is -1.93. The van der Waals surface area contributed by atoms with Gasteiger partial charge in [-0.15, -0.1) is 5.06 Å². The van der Waals surface area contributed by atoms with E-state index in [0.29, 0.717) is 16.3 Å². The fourth-order valence-electron chi connectivity index (χ4n) is 3.57. The summed E-state index contributed by atoms with van der Waals surface area (Å²) in [4.78, 5) is 45.9. The van der Waals surface area contributed by atoms with Crippen LogP contribution in [-0.4, -0.2) is 40.1 Å². The molecule has 0 saturated carbocycles. The number of anilines is 1. The van der Waals surface area contributed by atoms with Crippen molar-refractivity contribution in [2.24, 2.45) is 5.10 Å². The van der Waals surface area contributed by atoms with Crippen molar-refractivity contribution in [2.75, 3.05) is 5.01 Å². The summed E-state index contributed by atoms with van der Waals surface area (Å²) in [6.45, 7) is 11.6. The number of carbonyl (C=O) groups excluding carboxylic acids is 3. The van der Waals surface area contributed by atoms with Crippen molar-refractivity contribution < 1.29 is 28.7 Å². The number of hydrogen-bond donors (Lipinski definition) is 0. The number of para-hydroxylation sites is 1. The van der Waals surface area contributed by atoms with Crippen LogP contribution in [0.1, 0.15) is 54.0 Å². The van der Waals surface area contributed by atoms with E-state index in [0.717, 1.165) is 0 Å². The van der Waals surface area contributed by atoms with E-state index >= 15 is 0 Å². The molecule has 0 aliphatic carbocycles. The highest BCUT2D eigenvalue weighted by Gasteiger charge is 2.60. The van der Waals surface area contributed by atoms with Crippen molar-refractivity contribution in [2.45, 2.75) is 65.2 Å². The first-order valence-electron chi connectivity index (χ1n) is 11.2. The second-order valence-electron chi connectivity index (χ2n) is 10.0. The Bertz CT molecular complexity index is 1120. The molecule has 2 aromatic rings. The van der Waals surface area contributed by atoms with Crippen LogP contribution in [0.2, 0.25) is 0 Å². The van der Waals surface area contributed by atoms with Gasteiger partial charge in [0.15, 0.2) is 0 Å². The number of carbonyl (C=O) groups is 3. The van der Waals surface area contributed by atoms with Gasteiger partial charge in [0.05, 0.1) is 11.4 Å². The average Bonchev–Trinajstić information content (AvgIpc) is 3.02. The minimum Gasteiger partial charge on any atom is -0.442 e. The molecule has 2 amide bonds. The van der Waals surface area contributed by atoms with Gasteiger partial charge in [-0.3, -0.25) is 9.63 Å². The molecule has 1 atom stereocenters. The summed E-state index contributed by atoms with van der Waals surface area (Å²) >= 11 is 0. The van der Waals surface area contributed by atoms with Gasteiger partial charge in [-0.05, 0) is 66.2 Å². The molecule has 0 aromatic heterocycles. The summed E-state index contributed by atoms with van der Waals surface area (Å²) in [7, 11) is 0. The fraction of sp³-hybridized carbons (Fsp3) is 0.385. The summed E-state index contributed by atoms with van der Waals surface area (Å²) in [5.74, 6) is -0.623. The molecule has 0 spiro atoms. The first-order valence-corrected chi connectivity index (χ1v) is 11.2. The Labute approximate surface area is 205 Å². The average molecular weight is 482 g/mol. The molecule has 186 valence electrons.